The molecule has 27 heavy (non-hydrogen) atoms. The van der Waals surface area contributed by atoms with Crippen molar-refractivity contribution in [3.63, 3.8) is 0 Å². The molecule has 3 aliphatic rings. The molecule has 2 saturated carbocycles. The molecule has 1 aliphatic heterocycles. The fourth-order valence-electron chi connectivity index (χ4n) is 4.70. The van der Waals surface area contributed by atoms with Crippen molar-refractivity contribution in [1.82, 2.24) is 5.32 Å². The maximum Gasteiger partial charge on any atom is 0.243 e. The van der Waals surface area contributed by atoms with Crippen molar-refractivity contribution < 1.29 is 22.7 Å². The number of benzene rings is 1. The van der Waals surface area contributed by atoms with Crippen LogP contribution in [0.3, 0.4) is 0 Å². The fourth-order valence-corrected chi connectivity index (χ4v) is 5.87. The third kappa shape index (κ3) is 3.59. The van der Waals surface area contributed by atoms with Crippen molar-refractivity contribution in [2.45, 2.75) is 44.7 Å². The molecule has 1 aromatic rings. The van der Waals surface area contributed by atoms with E-state index >= 15 is 0 Å². The number of hydrogen-bond donors (Lipinski definition) is 1. The maximum absolute atomic E-state index is 12.9. The number of rotatable bonds is 5. The summed E-state index contributed by atoms with van der Waals surface area (Å²) in [5.74, 6) is 2.06. The Morgan fingerprint density at radius 3 is 2.56 bits per heavy atom. The molecule has 0 saturated heterocycles. The number of sulfonamides is 1. The lowest BCUT2D eigenvalue weighted by atomic mass is 9.95. The second-order valence-corrected chi connectivity index (χ2v) is 9.71. The number of amides is 1. The molecule has 2 fully saturated rings. The van der Waals surface area contributed by atoms with E-state index in [2.05, 4.69) is 5.32 Å². The summed E-state index contributed by atoms with van der Waals surface area (Å²) >= 11 is 0. The lowest BCUT2D eigenvalue weighted by Crippen LogP contribution is -2.51. The molecule has 2 aliphatic carbocycles. The van der Waals surface area contributed by atoms with Gasteiger partial charge in [0.25, 0.3) is 0 Å². The largest absolute Gasteiger partial charge is 0.486 e. The van der Waals surface area contributed by atoms with Crippen LogP contribution < -0.4 is 19.1 Å². The van der Waals surface area contributed by atoms with Gasteiger partial charge in [-0.05, 0) is 50.2 Å². The zero-order valence-electron chi connectivity index (χ0n) is 15.7. The van der Waals surface area contributed by atoms with Crippen LogP contribution in [0.2, 0.25) is 0 Å². The summed E-state index contributed by atoms with van der Waals surface area (Å²) in [7, 11) is -3.66. The Morgan fingerprint density at radius 1 is 1.19 bits per heavy atom. The van der Waals surface area contributed by atoms with Crippen LogP contribution in [-0.2, 0) is 14.8 Å². The van der Waals surface area contributed by atoms with Crippen LogP contribution in [0.1, 0.15) is 32.6 Å². The molecule has 8 heteroatoms. The lowest BCUT2D eigenvalue weighted by molar-refractivity contribution is -0.122. The van der Waals surface area contributed by atoms with Crippen molar-refractivity contribution in [2.24, 2.45) is 11.8 Å². The van der Waals surface area contributed by atoms with E-state index in [4.69, 9.17) is 9.47 Å². The van der Waals surface area contributed by atoms with Crippen LogP contribution in [0.15, 0.2) is 18.2 Å². The average molecular weight is 394 g/mol. The van der Waals surface area contributed by atoms with Crippen LogP contribution in [0.25, 0.3) is 0 Å². The molecule has 7 nitrogen and oxygen atoms in total. The van der Waals surface area contributed by atoms with Crippen molar-refractivity contribution in [3.05, 3.63) is 18.2 Å². The monoisotopic (exact) mass is 394 g/mol. The first kappa shape index (κ1) is 18.4. The van der Waals surface area contributed by atoms with Crippen LogP contribution >= 0.6 is 0 Å². The van der Waals surface area contributed by atoms with Gasteiger partial charge < -0.3 is 14.8 Å². The lowest BCUT2D eigenvalue weighted by Gasteiger charge is -2.31. The Labute approximate surface area is 160 Å². The van der Waals surface area contributed by atoms with Gasteiger partial charge in [-0.1, -0.05) is 6.42 Å². The molecule has 1 heterocycles. The van der Waals surface area contributed by atoms with E-state index in [1.807, 2.05) is 0 Å². The standard InChI is InChI=1S/C19H26N2O5S/c1-12(19(22)20-16-10-13-3-4-14(16)9-13)21(27(2,23)24)15-5-6-17-18(11-15)26-8-7-25-17/h5-6,11-14,16H,3-4,7-10H2,1-2H3,(H,20,22)/t12-,13+,14+,16+/m0/s1. The number of nitrogens with zero attached hydrogens (tertiary/aromatic N) is 1. The normalized spacial score (nSPS) is 27.3. The molecule has 0 spiro atoms. The molecule has 4 rings (SSSR count). The minimum atomic E-state index is -3.66. The van der Waals surface area contributed by atoms with E-state index in [0.717, 1.165) is 23.4 Å². The minimum absolute atomic E-state index is 0.167. The highest BCUT2D eigenvalue weighted by Gasteiger charge is 2.41. The molecule has 2 bridgehead atoms. The number of carbonyl (C=O) groups excluding carboxylic acids is 1. The Bertz CT molecular complexity index is 841. The molecule has 0 radical (unpaired) electrons. The smallest absolute Gasteiger partial charge is 0.243 e. The molecular formula is C19H26N2O5S. The third-order valence-corrected chi connectivity index (χ3v) is 7.18. The van der Waals surface area contributed by atoms with Gasteiger partial charge in [0, 0.05) is 12.1 Å². The van der Waals surface area contributed by atoms with E-state index in [1.54, 1.807) is 25.1 Å². The Kier molecular flexibility index (Phi) is 4.70. The molecule has 148 valence electrons. The summed E-state index contributed by atoms with van der Waals surface area (Å²) in [5, 5.41) is 3.09. The highest BCUT2D eigenvalue weighted by molar-refractivity contribution is 7.92. The second kappa shape index (κ2) is 6.89. The van der Waals surface area contributed by atoms with Crippen LogP contribution in [0.4, 0.5) is 5.69 Å². The first-order valence-corrected chi connectivity index (χ1v) is 11.4. The molecule has 0 unspecified atom stereocenters. The van der Waals surface area contributed by atoms with Gasteiger partial charge in [-0.15, -0.1) is 0 Å². The van der Waals surface area contributed by atoms with Crippen LogP contribution in [-0.4, -0.2) is 45.9 Å². The zero-order chi connectivity index (χ0) is 19.2. The van der Waals surface area contributed by atoms with Gasteiger partial charge in [-0.3, -0.25) is 9.10 Å². The van der Waals surface area contributed by atoms with E-state index in [9.17, 15) is 13.2 Å². The highest BCUT2D eigenvalue weighted by Crippen LogP contribution is 2.44. The third-order valence-electron chi connectivity index (χ3n) is 5.93. The van der Waals surface area contributed by atoms with Crippen molar-refractivity contribution in [1.29, 1.82) is 0 Å². The Hall–Kier alpha value is -1.96. The van der Waals surface area contributed by atoms with Gasteiger partial charge in [0.15, 0.2) is 11.5 Å². The number of ether oxygens (including phenoxy) is 2. The van der Waals surface area contributed by atoms with Gasteiger partial charge in [0.1, 0.15) is 19.3 Å². The molecule has 1 amide bonds. The zero-order valence-corrected chi connectivity index (χ0v) is 16.5. The number of hydrogen-bond acceptors (Lipinski definition) is 5. The Morgan fingerprint density at radius 2 is 1.93 bits per heavy atom. The quantitative estimate of drug-likeness (QED) is 0.825. The predicted molar refractivity (Wildman–Crippen MR) is 102 cm³/mol. The number of nitrogens with one attached hydrogen (secondary N) is 1. The summed E-state index contributed by atoms with van der Waals surface area (Å²) in [6.07, 6.45) is 5.70. The molecule has 1 N–H and O–H groups in total. The van der Waals surface area contributed by atoms with E-state index < -0.39 is 16.1 Å². The summed E-state index contributed by atoms with van der Waals surface area (Å²) in [6.45, 7) is 2.50. The summed E-state index contributed by atoms with van der Waals surface area (Å²) < 4.78 is 37.2. The summed E-state index contributed by atoms with van der Waals surface area (Å²) in [5.41, 5.74) is 0.400. The second-order valence-electron chi connectivity index (χ2n) is 7.85. The van der Waals surface area contributed by atoms with Gasteiger partial charge in [0.2, 0.25) is 15.9 Å². The number of anilines is 1. The highest BCUT2D eigenvalue weighted by atomic mass is 32.2. The predicted octanol–water partition coefficient (Wildman–Crippen LogP) is 1.92. The summed E-state index contributed by atoms with van der Waals surface area (Å²) in [6, 6.07) is 4.28. The summed E-state index contributed by atoms with van der Waals surface area (Å²) in [4.78, 5) is 12.9. The van der Waals surface area contributed by atoms with Crippen molar-refractivity contribution in [3.8, 4) is 11.5 Å². The first-order chi connectivity index (χ1) is 12.8. The average Bonchev–Trinajstić information content (AvgIpc) is 3.23. The van der Waals surface area contributed by atoms with Gasteiger partial charge in [-0.2, -0.15) is 0 Å². The number of carbonyl (C=O) groups is 1. The molecule has 4 atom stereocenters. The van der Waals surface area contributed by atoms with E-state index in [-0.39, 0.29) is 11.9 Å². The first-order valence-electron chi connectivity index (χ1n) is 9.52. The molecule has 1 aromatic carbocycles. The Balaban J connectivity index is 1.55. The molecular weight excluding hydrogens is 368 g/mol. The van der Waals surface area contributed by atoms with Gasteiger partial charge in [-0.25, -0.2) is 8.42 Å². The maximum atomic E-state index is 12.9. The van der Waals surface area contributed by atoms with Gasteiger partial charge in [0.05, 0.1) is 11.9 Å². The van der Waals surface area contributed by atoms with Crippen LogP contribution in [0, 0.1) is 11.8 Å². The minimum Gasteiger partial charge on any atom is -0.486 e. The number of fused-ring (bicyclic) bond motifs is 3. The van der Waals surface area contributed by atoms with E-state index in [1.165, 1.54) is 12.8 Å². The molecule has 0 aromatic heterocycles. The van der Waals surface area contributed by atoms with Crippen LogP contribution in [0.5, 0.6) is 11.5 Å². The van der Waals surface area contributed by atoms with Crippen molar-refractivity contribution >= 4 is 21.6 Å². The van der Waals surface area contributed by atoms with Crippen molar-refractivity contribution in [2.75, 3.05) is 23.8 Å². The van der Waals surface area contributed by atoms with E-state index in [0.29, 0.717) is 42.2 Å². The SMILES string of the molecule is C[C@@H](C(=O)N[C@@H]1C[C@@H]2CC[C@@H]1C2)N(c1ccc2c(c1)OCCO2)S(C)(=O)=O. The fraction of sp³-hybridized carbons (Fsp3) is 0.632. The van der Waals surface area contributed by atoms with Gasteiger partial charge >= 0.3 is 0 Å². The topological polar surface area (TPSA) is 84.9 Å².